The lowest BCUT2D eigenvalue weighted by Gasteiger charge is -2.16. The summed E-state index contributed by atoms with van der Waals surface area (Å²) in [6.45, 7) is 0.712. The van der Waals surface area contributed by atoms with E-state index in [4.69, 9.17) is 0 Å². The van der Waals surface area contributed by atoms with Gasteiger partial charge in [0.15, 0.2) is 5.13 Å². The third kappa shape index (κ3) is 3.33. The fourth-order valence-electron chi connectivity index (χ4n) is 2.86. The fourth-order valence-corrected chi connectivity index (χ4v) is 4.20. The van der Waals surface area contributed by atoms with Crippen LogP contribution in [0.4, 0.5) is 10.8 Å². The summed E-state index contributed by atoms with van der Waals surface area (Å²) in [5.74, 6) is -0.145. The molecule has 0 atom stereocenters. The highest BCUT2D eigenvalue weighted by molar-refractivity contribution is 7.14. The number of rotatable bonds is 4. The number of nitrogens with one attached hydrogen (secondary N) is 1. The Morgan fingerprint density at radius 3 is 2.92 bits per heavy atom. The minimum atomic E-state index is -0.179. The summed E-state index contributed by atoms with van der Waals surface area (Å²) in [7, 11) is 0. The zero-order valence-corrected chi connectivity index (χ0v) is 14.9. The Morgan fingerprint density at radius 2 is 2.08 bits per heavy atom. The van der Waals surface area contributed by atoms with E-state index >= 15 is 0 Å². The molecule has 0 saturated carbocycles. The van der Waals surface area contributed by atoms with Crippen LogP contribution in [0.3, 0.4) is 0 Å². The first-order valence-electron chi connectivity index (χ1n) is 7.87. The van der Waals surface area contributed by atoms with Crippen LogP contribution in [-0.4, -0.2) is 23.3 Å². The number of benzene rings is 1. The first kappa shape index (κ1) is 16.0. The Morgan fingerprint density at radius 1 is 1.20 bits per heavy atom. The number of thiazole rings is 1. The Bertz CT molecular complexity index is 918. The minimum absolute atomic E-state index is 0.0333. The van der Waals surface area contributed by atoms with Crippen LogP contribution in [0.1, 0.15) is 21.6 Å². The van der Waals surface area contributed by atoms with E-state index in [1.165, 1.54) is 28.2 Å². The zero-order chi connectivity index (χ0) is 17.2. The van der Waals surface area contributed by atoms with Crippen LogP contribution in [-0.2, 0) is 17.6 Å². The van der Waals surface area contributed by atoms with Crippen molar-refractivity contribution in [3.8, 4) is 0 Å². The molecule has 0 bridgehead atoms. The van der Waals surface area contributed by atoms with Crippen molar-refractivity contribution in [2.24, 2.45) is 0 Å². The molecule has 5 nitrogen and oxygen atoms in total. The minimum Gasteiger partial charge on any atom is -0.311 e. The molecule has 0 saturated heterocycles. The monoisotopic (exact) mass is 369 g/mol. The van der Waals surface area contributed by atoms with Crippen molar-refractivity contribution in [2.75, 3.05) is 16.8 Å². The highest BCUT2D eigenvalue weighted by Gasteiger charge is 2.24. The maximum atomic E-state index is 12.6. The molecule has 25 heavy (non-hydrogen) atoms. The number of amides is 2. The predicted octanol–water partition coefficient (Wildman–Crippen LogP) is 3.59. The van der Waals surface area contributed by atoms with Gasteiger partial charge in [0, 0.05) is 23.0 Å². The third-order valence-corrected chi connectivity index (χ3v) is 5.57. The smallest absolute Gasteiger partial charge is 0.258 e. The van der Waals surface area contributed by atoms with Crippen molar-refractivity contribution in [3.05, 3.63) is 63.3 Å². The van der Waals surface area contributed by atoms with E-state index in [-0.39, 0.29) is 18.2 Å². The Hall–Kier alpha value is -2.51. The predicted molar refractivity (Wildman–Crippen MR) is 101 cm³/mol. The Kier molecular flexibility index (Phi) is 4.33. The normalized spacial score (nSPS) is 12.9. The molecule has 0 aliphatic carbocycles. The molecule has 2 aromatic heterocycles. The van der Waals surface area contributed by atoms with Gasteiger partial charge in [-0.1, -0.05) is 18.2 Å². The molecule has 1 aliphatic rings. The molecule has 3 aromatic rings. The molecule has 0 unspecified atom stereocenters. The number of hydrogen-bond donors (Lipinski definition) is 1. The van der Waals surface area contributed by atoms with E-state index in [9.17, 15) is 9.59 Å². The van der Waals surface area contributed by atoms with Crippen LogP contribution in [0.2, 0.25) is 0 Å². The molecule has 4 rings (SSSR count). The Labute approximate surface area is 152 Å². The molecule has 0 spiro atoms. The van der Waals surface area contributed by atoms with Crippen LogP contribution >= 0.6 is 22.7 Å². The van der Waals surface area contributed by atoms with Crippen molar-refractivity contribution >= 4 is 45.3 Å². The molecule has 0 radical (unpaired) electrons. The van der Waals surface area contributed by atoms with Gasteiger partial charge in [-0.05, 0) is 29.5 Å². The number of thiophene rings is 1. The molecule has 3 heterocycles. The van der Waals surface area contributed by atoms with Gasteiger partial charge in [0.2, 0.25) is 5.91 Å². The van der Waals surface area contributed by atoms with E-state index in [2.05, 4.69) is 16.4 Å². The highest BCUT2D eigenvalue weighted by Crippen LogP contribution is 2.28. The Balaban J connectivity index is 1.41. The zero-order valence-electron chi connectivity index (χ0n) is 13.3. The molecular formula is C18H15N3O2S2. The van der Waals surface area contributed by atoms with Gasteiger partial charge in [-0.3, -0.25) is 14.9 Å². The number of anilines is 2. The van der Waals surface area contributed by atoms with Crippen LogP contribution in [0.15, 0.2) is 46.5 Å². The van der Waals surface area contributed by atoms with Crippen molar-refractivity contribution < 1.29 is 9.59 Å². The van der Waals surface area contributed by atoms with Gasteiger partial charge in [-0.15, -0.1) is 11.3 Å². The highest BCUT2D eigenvalue weighted by atomic mass is 32.1. The van der Waals surface area contributed by atoms with Crippen molar-refractivity contribution in [2.45, 2.75) is 12.8 Å². The van der Waals surface area contributed by atoms with E-state index in [1.54, 1.807) is 11.4 Å². The fraction of sp³-hybridized carbons (Fsp3) is 0.167. The number of carbonyl (C=O) groups excluding carboxylic acids is 2. The van der Waals surface area contributed by atoms with Gasteiger partial charge in [-0.2, -0.15) is 11.3 Å². The van der Waals surface area contributed by atoms with Crippen molar-refractivity contribution in [3.63, 3.8) is 0 Å². The summed E-state index contributed by atoms with van der Waals surface area (Å²) >= 11 is 2.81. The van der Waals surface area contributed by atoms with Gasteiger partial charge < -0.3 is 4.90 Å². The number of fused-ring (bicyclic) bond motifs is 1. The van der Waals surface area contributed by atoms with E-state index in [0.717, 1.165) is 12.1 Å². The molecule has 7 heteroatoms. The van der Waals surface area contributed by atoms with Crippen LogP contribution < -0.4 is 10.2 Å². The number of carbonyl (C=O) groups is 2. The summed E-state index contributed by atoms with van der Waals surface area (Å²) < 4.78 is 0. The van der Waals surface area contributed by atoms with E-state index < -0.39 is 0 Å². The summed E-state index contributed by atoms with van der Waals surface area (Å²) in [5.41, 5.74) is 3.50. The molecule has 0 fully saturated rings. The van der Waals surface area contributed by atoms with Gasteiger partial charge in [-0.25, -0.2) is 4.98 Å². The number of hydrogen-bond acceptors (Lipinski definition) is 5. The van der Waals surface area contributed by atoms with Gasteiger partial charge >= 0.3 is 0 Å². The third-order valence-electron chi connectivity index (χ3n) is 4.08. The summed E-state index contributed by atoms with van der Waals surface area (Å²) in [5, 5.41) is 8.76. The molecular weight excluding hydrogens is 354 g/mol. The first-order chi connectivity index (χ1) is 12.2. The van der Waals surface area contributed by atoms with Crippen LogP contribution in [0.25, 0.3) is 0 Å². The van der Waals surface area contributed by atoms with Gasteiger partial charge in [0.05, 0.1) is 17.7 Å². The molecule has 1 aromatic carbocycles. The largest absolute Gasteiger partial charge is 0.311 e. The summed E-state index contributed by atoms with van der Waals surface area (Å²) in [6, 6.07) is 9.75. The maximum Gasteiger partial charge on any atom is 0.258 e. The van der Waals surface area contributed by atoms with E-state index in [1.807, 2.05) is 33.9 Å². The van der Waals surface area contributed by atoms with Gasteiger partial charge in [0.25, 0.3) is 5.91 Å². The first-order valence-corrected chi connectivity index (χ1v) is 9.69. The number of nitrogens with zero attached hydrogens (tertiary/aromatic N) is 2. The van der Waals surface area contributed by atoms with Crippen molar-refractivity contribution in [1.29, 1.82) is 0 Å². The lowest BCUT2D eigenvalue weighted by atomic mass is 10.2. The second kappa shape index (κ2) is 6.78. The van der Waals surface area contributed by atoms with Crippen LogP contribution in [0.5, 0.6) is 0 Å². The topological polar surface area (TPSA) is 62.3 Å². The van der Waals surface area contributed by atoms with Gasteiger partial charge in [0.1, 0.15) is 0 Å². The molecule has 2 amide bonds. The van der Waals surface area contributed by atoms with E-state index in [0.29, 0.717) is 22.9 Å². The average molecular weight is 369 g/mol. The summed E-state index contributed by atoms with van der Waals surface area (Å²) in [6.07, 6.45) is 1.13. The standard InChI is InChI=1S/C18H15N3O2S2/c22-16(21-7-5-12-3-1-2-4-15(12)21)9-14-11-25-18(19-14)20-17(23)13-6-8-24-10-13/h1-4,6,8,10-11H,5,7,9H2,(H,19,20,23). The molecule has 126 valence electrons. The van der Waals surface area contributed by atoms with Crippen LogP contribution in [0, 0.1) is 0 Å². The number of para-hydroxylation sites is 1. The SMILES string of the molecule is O=C(Nc1nc(CC(=O)N2CCc3ccccc32)cs1)c1ccsc1. The average Bonchev–Trinajstić information content (AvgIpc) is 3.35. The summed E-state index contributed by atoms with van der Waals surface area (Å²) in [4.78, 5) is 30.8. The number of aromatic nitrogens is 1. The lowest BCUT2D eigenvalue weighted by Crippen LogP contribution is -2.30. The second-order valence-electron chi connectivity index (χ2n) is 5.71. The van der Waals surface area contributed by atoms with Crippen molar-refractivity contribution in [1.82, 2.24) is 4.98 Å². The molecule has 1 N–H and O–H groups in total. The second-order valence-corrected chi connectivity index (χ2v) is 7.35. The molecule has 1 aliphatic heterocycles. The quantitative estimate of drug-likeness (QED) is 0.764. The lowest BCUT2D eigenvalue weighted by molar-refractivity contribution is -0.117. The maximum absolute atomic E-state index is 12.6.